The maximum atomic E-state index is 10.9. The lowest BCUT2D eigenvalue weighted by molar-refractivity contribution is 0.0702. The number of aromatic carboxylic acids is 1. The van der Waals surface area contributed by atoms with E-state index in [2.05, 4.69) is 4.98 Å². The zero-order chi connectivity index (χ0) is 13.1. The number of thiophene rings is 1. The summed E-state index contributed by atoms with van der Waals surface area (Å²) in [5.41, 5.74) is 6.57. The summed E-state index contributed by atoms with van der Waals surface area (Å²) in [5.74, 6) is 0.369. The number of thioether (sulfide) groups is 1. The van der Waals surface area contributed by atoms with Crippen LogP contribution in [0.4, 0.5) is 5.82 Å². The maximum Gasteiger partial charge on any atom is 0.345 e. The SMILES string of the molecule is Cc1sc(C(=O)O)cc1CSc1ccc(N)nc1. The summed E-state index contributed by atoms with van der Waals surface area (Å²) < 4.78 is 0. The van der Waals surface area contributed by atoms with Gasteiger partial charge in [0.25, 0.3) is 0 Å². The van der Waals surface area contributed by atoms with Crippen LogP contribution in [0.5, 0.6) is 0 Å². The number of carboxylic acid groups (broad SMARTS) is 1. The molecule has 4 nitrogen and oxygen atoms in total. The van der Waals surface area contributed by atoms with Gasteiger partial charge >= 0.3 is 5.97 Å². The monoisotopic (exact) mass is 280 g/mol. The van der Waals surface area contributed by atoms with Gasteiger partial charge in [0.05, 0.1) is 0 Å². The summed E-state index contributed by atoms with van der Waals surface area (Å²) in [6.45, 7) is 1.94. The molecule has 0 spiro atoms. The summed E-state index contributed by atoms with van der Waals surface area (Å²) >= 11 is 2.93. The zero-order valence-corrected chi connectivity index (χ0v) is 11.3. The summed E-state index contributed by atoms with van der Waals surface area (Å²) in [6.07, 6.45) is 1.72. The second-order valence-electron chi connectivity index (χ2n) is 3.70. The Morgan fingerprint density at radius 1 is 1.56 bits per heavy atom. The van der Waals surface area contributed by atoms with Crippen LogP contribution in [0.15, 0.2) is 29.3 Å². The fraction of sp³-hybridized carbons (Fsp3) is 0.167. The number of nitrogen functional groups attached to an aromatic ring is 1. The van der Waals surface area contributed by atoms with Gasteiger partial charge in [-0.25, -0.2) is 9.78 Å². The number of anilines is 1. The predicted molar refractivity (Wildman–Crippen MR) is 74.2 cm³/mol. The average Bonchev–Trinajstić information content (AvgIpc) is 2.70. The Bertz CT molecular complexity index is 564. The van der Waals surface area contributed by atoms with Gasteiger partial charge in [-0.05, 0) is 30.7 Å². The van der Waals surface area contributed by atoms with E-state index in [4.69, 9.17) is 10.8 Å². The summed E-state index contributed by atoms with van der Waals surface area (Å²) in [4.78, 5) is 17.3. The van der Waals surface area contributed by atoms with Gasteiger partial charge in [0, 0.05) is 21.7 Å². The first-order valence-corrected chi connectivity index (χ1v) is 7.03. The molecule has 2 heterocycles. The van der Waals surface area contributed by atoms with E-state index in [-0.39, 0.29) is 0 Å². The molecule has 0 fully saturated rings. The van der Waals surface area contributed by atoms with Gasteiger partial charge in [0.2, 0.25) is 0 Å². The highest BCUT2D eigenvalue weighted by Crippen LogP contribution is 2.28. The minimum absolute atomic E-state index is 0.388. The van der Waals surface area contributed by atoms with Gasteiger partial charge in [-0.1, -0.05) is 0 Å². The summed E-state index contributed by atoms with van der Waals surface area (Å²) in [5, 5.41) is 8.92. The number of aromatic nitrogens is 1. The molecule has 2 aromatic heterocycles. The second-order valence-corrected chi connectivity index (χ2v) is 6.01. The third-order valence-corrected chi connectivity index (χ3v) is 4.50. The Balaban J connectivity index is 2.06. The van der Waals surface area contributed by atoms with Crippen LogP contribution in [0, 0.1) is 6.92 Å². The molecule has 0 aliphatic heterocycles. The Kier molecular flexibility index (Phi) is 3.88. The normalized spacial score (nSPS) is 10.5. The van der Waals surface area contributed by atoms with Crippen molar-refractivity contribution in [3.05, 3.63) is 39.7 Å². The van der Waals surface area contributed by atoms with E-state index in [9.17, 15) is 4.79 Å². The molecule has 18 heavy (non-hydrogen) atoms. The first-order valence-electron chi connectivity index (χ1n) is 5.23. The van der Waals surface area contributed by atoms with Crippen LogP contribution in [0.3, 0.4) is 0 Å². The van der Waals surface area contributed by atoms with Crippen LogP contribution < -0.4 is 5.73 Å². The number of nitrogens with two attached hydrogens (primary N) is 1. The van der Waals surface area contributed by atoms with Crippen LogP contribution in [-0.2, 0) is 5.75 Å². The standard InChI is InChI=1S/C12H12N2O2S2/c1-7-8(4-10(18-7)12(15)16)6-17-9-2-3-11(13)14-5-9/h2-5H,6H2,1H3,(H2,13,14)(H,15,16). The van der Waals surface area contributed by atoms with E-state index in [0.29, 0.717) is 10.7 Å². The highest BCUT2D eigenvalue weighted by molar-refractivity contribution is 7.98. The lowest BCUT2D eigenvalue weighted by Gasteiger charge is -2.01. The van der Waals surface area contributed by atoms with Crippen molar-refractivity contribution in [2.75, 3.05) is 5.73 Å². The summed E-state index contributed by atoms with van der Waals surface area (Å²) in [6, 6.07) is 5.40. The van der Waals surface area contributed by atoms with Crippen molar-refractivity contribution < 1.29 is 9.90 Å². The molecular formula is C12H12N2O2S2. The predicted octanol–water partition coefficient (Wildman–Crippen LogP) is 3.02. The van der Waals surface area contributed by atoms with Crippen LogP contribution in [-0.4, -0.2) is 16.1 Å². The first-order chi connectivity index (χ1) is 8.56. The molecule has 3 N–H and O–H groups in total. The van der Waals surface area contributed by atoms with Crippen LogP contribution >= 0.6 is 23.1 Å². The van der Waals surface area contributed by atoms with Crippen molar-refractivity contribution in [1.82, 2.24) is 4.98 Å². The molecular weight excluding hydrogens is 268 g/mol. The van der Waals surface area contributed by atoms with Crippen molar-refractivity contribution in [1.29, 1.82) is 0 Å². The molecule has 6 heteroatoms. The topological polar surface area (TPSA) is 76.2 Å². The second kappa shape index (κ2) is 5.41. The minimum Gasteiger partial charge on any atom is -0.477 e. The lowest BCUT2D eigenvalue weighted by Crippen LogP contribution is -1.90. The fourth-order valence-electron chi connectivity index (χ4n) is 1.41. The van der Waals surface area contributed by atoms with E-state index in [1.165, 1.54) is 11.3 Å². The number of hydrogen-bond acceptors (Lipinski definition) is 5. The quantitative estimate of drug-likeness (QED) is 0.842. The van der Waals surface area contributed by atoms with Gasteiger partial charge in [-0.2, -0.15) is 0 Å². The van der Waals surface area contributed by atoms with Crippen molar-refractivity contribution in [2.24, 2.45) is 0 Å². The molecule has 0 unspecified atom stereocenters. The number of nitrogens with zero attached hydrogens (tertiary/aromatic N) is 1. The first kappa shape index (κ1) is 12.9. The van der Waals surface area contributed by atoms with Crippen molar-refractivity contribution in [3.63, 3.8) is 0 Å². The van der Waals surface area contributed by atoms with E-state index in [1.54, 1.807) is 30.1 Å². The highest BCUT2D eigenvalue weighted by atomic mass is 32.2. The number of pyridine rings is 1. The molecule has 0 aromatic carbocycles. The Labute approximate surface area is 113 Å². The number of aryl methyl sites for hydroxylation is 1. The summed E-state index contributed by atoms with van der Waals surface area (Å²) in [7, 11) is 0. The van der Waals surface area contributed by atoms with Gasteiger partial charge in [0.1, 0.15) is 10.7 Å². The molecule has 2 rings (SSSR count). The number of carboxylic acids is 1. The Morgan fingerprint density at radius 2 is 2.33 bits per heavy atom. The molecule has 0 atom stereocenters. The fourth-order valence-corrected chi connectivity index (χ4v) is 3.29. The van der Waals surface area contributed by atoms with E-state index in [1.807, 2.05) is 13.0 Å². The molecule has 0 saturated heterocycles. The number of carbonyl (C=O) groups is 1. The molecule has 2 aromatic rings. The van der Waals surface area contributed by atoms with Crippen LogP contribution in [0.2, 0.25) is 0 Å². The highest BCUT2D eigenvalue weighted by Gasteiger charge is 2.11. The lowest BCUT2D eigenvalue weighted by atomic mass is 10.3. The van der Waals surface area contributed by atoms with Crippen molar-refractivity contribution in [2.45, 2.75) is 17.6 Å². The molecule has 0 amide bonds. The molecule has 0 aliphatic rings. The maximum absolute atomic E-state index is 10.9. The molecule has 0 bridgehead atoms. The van der Waals surface area contributed by atoms with Crippen molar-refractivity contribution >= 4 is 34.9 Å². The van der Waals surface area contributed by atoms with Crippen LogP contribution in [0.1, 0.15) is 20.1 Å². The van der Waals surface area contributed by atoms with Gasteiger partial charge in [-0.15, -0.1) is 23.1 Å². The number of rotatable bonds is 4. The zero-order valence-electron chi connectivity index (χ0n) is 9.71. The molecule has 0 saturated carbocycles. The largest absolute Gasteiger partial charge is 0.477 e. The van der Waals surface area contributed by atoms with E-state index in [0.717, 1.165) is 21.1 Å². The van der Waals surface area contributed by atoms with Crippen LogP contribution in [0.25, 0.3) is 0 Å². The van der Waals surface area contributed by atoms with E-state index < -0.39 is 5.97 Å². The minimum atomic E-state index is -0.867. The third kappa shape index (κ3) is 3.02. The molecule has 0 aliphatic carbocycles. The van der Waals surface area contributed by atoms with Gasteiger partial charge in [0.15, 0.2) is 0 Å². The van der Waals surface area contributed by atoms with Gasteiger partial charge < -0.3 is 10.8 Å². The third-order valence-electron chi connectivity index (χ3n) is 2.38. The van der Waals surface area contributed by atoms with Gasteiger partial charge in [-0.3, -0.25) is 0 Å². The Morgan fingerprint density at radius 3 is 2.89 bits per heavy atom. The average molecular weight is 280 g/mol. The molecule has 0 radical (unpaired) electrons. The smallest absolute Gasteiger partial charge is 0.345 e. The molecule has 94 valence electrons. The number of hydrogen-bond donors (Lipinski definition) is 2. The van der Waals surface area contributed by atoms with Crippen molar-refractivity contribution in [3.8, 4) is 0 Å². The van der Waals surface area contributed by atoms with E-state index >= 15 is 0 Å². The Hall–Kier alpha value is -1.53.